The highest BCUT2D eigenvalue weighted by atomic mass is 32.1. The maximum atomic E-state index is 5.67. The quantitative estimate of drug-likeness (QED) is 0.815. The first kappa shape index (κ1) is 9.28. The van der Waals surface area contributed by atoms with Crippen LogP contribution in [-0.2, 0) is 12.8 Å². The molecule has 0 saturated heterocycles. The molecule has 0 amide bonds. The lowest BCUT2D eigenvalue weighted by atomic mass is 10.1. The summed E-state index contributed by atoms with van der Waals surface area (Å²) in [6, 6.07) is 14.6. The third kappa shape index (κ3) is 2.36. The molecule has 2 aromatic rings. The molecule has 72 valence electrons. The first-order valence-corrected chi connectivity index (χ1v) is 5.54. The average molecular weight is 203 g/mol. The number of nitrogens with two attached hydrogens (primary N) is 1. The Balaban J connectivity index is 1.95. The molecule has 14 heavy (non-hydrogen) atoms. The molecule has 0 aliphatic heterocycles. The van der Waals surface area contributed by atoms with Crippen LogP contribution in [0, 0.1) is 0 Å². The Hall–Kier alpha value is -1.28. The Labute approximate surface area is 88.2 Å². The molecular weight excluding hydrogens is 190 g/mol. The molecule has 2 rings (SSSR count). The Kier molecular flexibility index (Phi) is 2.84. The van der Waals surface area contributed by atoms with E-state index in [1.807, 2.05) is 12.1 Å². The zero-order valence-electron chi connectivity index (χ0n) is 7.94. The summed E-state index contributed by atoms with van der Waals surface area (Å²) in [5.74, 6) is 0. The number of rotatable bonds is 3. The van der Waals surface area contributed by atoms with Crippen LogP contribution in [0.1, 0.15) is 10.4 Å². The highest BCUT2D eigenvalue weighted by Crippen LogP contribution is 2.19. The highest BCUT2D eigenvalue weighted by molar-refractivity contribution is 7.15. The third-order valence-electron chi connectivity index (χ3n) is 2.19. The fraction of sp³-hybridized carbons (Fsp3) is 0.167. The summed E-state index contributed by atoms with van der Waals surface area (Å²) in [6.07, 6.45) is 2.19. The van der Waals surface area contributed by atoms with E-state index in [0.29, 0.717) is 0 Å². The topological polar surface area (TPSA) is 26.0 Å². The summed E-state index contributed by atoms with van der Waals surface area (Å²) in [5.41, 5.74) is 7.05. The van der Waals surface area contributed by atoms with E-state index >= 15 is 0 Å². The minimum Gasteiger partial charge on any atom is -0.391 e. The lowest BCUT2D eigenvalue weighted by Crippen LogP contribution is -1.87. The summed E-state index contributed by atoms with van der Waals surface area (Å²) in [5, 5.41) is 0.910. The van der Waals surface area contributed by atoms with Gasteiger partial charge in [0.1, 0.15) is 0 Å². The summed E-state index contributed by atoms with van der Waals surface area (Å²) in [6.45, 7) is 0. The van der Waals surface area contributed by atoms with Crippen molar-refractivity contribution in [2.45, 2.75) is 12.8 Å². The van der Waals surface area contributed by atoms with Crippen LogP contribution in [0.15, 0.2) is 42.5 Å². The van der Waals surface area contributed by atoms with E-state index in [9.17, 15) is 0 Å². The van der Waals surface area contributed by atoms with Crippen LogP contribution in [0.4, 0.5) is 5.00 Å². The van der Waals surface area contributed by atoms with Gasteiger partial charge < -0.3 is 5.73 Å². The van der Waals surface area contributed by atoms with Gasteiger partial charge in [0.25, 0.3) is 0 Å². The van der Waals surface area contributed by atoms with Gasteiger partial charge >= 0.3 is 0 Å². The van der Waals surface area contributed by atoms with E-state index in [4.69, 9.17) is 5.73 Å². The molecular formula is C12H13NS. The van der Waals surface area contributed by atoms with Crippen molar-refractivity contribution >= 4 is 16.3 Å². The van der Waals surface area contributed by atoms with Crippen LogP contribution in [0.5, 0.6) is 0 Å². The van der Waals surface area contributed by atoms with Crippen LogP contribution in [-0.4, -0.2) is 0 Å². The Morgan fingerprint density at radius 3 is 2.36 bits per heavy atom. The van der Waals surface area contributed by atoms with E-state index in [2.05, 4.69) is 30.3 Å². The summed E-state index contributed by atoms with van der Waals surface area (Å²) < 4.78 is 0. The van der Waals surface area contributed by atoms with Crippen LogP contribution < -0.4 is 5.73 Å². The largest absolute Gasteiger partial charge is 0.391 e. The van der Waals surface area contributed by atoms with Crippen LogP contribution in [0.25, 0.3) is 0 Å². The number of hydrogen-bond acceptors (Lipinski definition) is 2. The SMILES string of the molecule is Nc1ccc(CCc2ccccc2)s1. The smallest absolute Gasteiger partial charge is 0.0859 e. The van der Waals surface area contributed by atoms with Crippen molar-refractivity contribution < 1.29 is 0 Å². The monoisotopic (exact) mass is 203 g/mol. The van der Waals surface area contributed by atoms with Gasteiger partial charge in [-0.05, 0) is 30.5 Å². The molecule has 1 aromatic heterocycles. The molecule has 0 radical (unpaired) electrons. The number of thiophene rings is 1. The Bertz CT molecular complexity index is 392. The lowest BCUT2D eigenvalue weighted by Gasteiger charge is -1.98. The predicted molar refractivity (Wildman–Crippen MR) is 62.6 cm³/mol. The predicted octanol–water partition coefficient (Wildman–Crippen LogP) is 3.12. The van der Waals surface area contributed by atoms with Gasteiger partial charge in [-0.3, -0.25) is 0 Å². The molecule has 0 unspecified atom stereocenters. The first-order valence-electron chi connectivity index (χ1n) is 4.73. The van der Waals surface area contributed by atoms with Crippen molar-refractivity contribution in [3.05, 3.63) is 52.9 Å². The molecule has 0 saturated carbocycles. The Morgan fingerprint density at radius 1 is 0.929 bits per heavy atom. The Morgan fingerprint density at radius 2 is 1.71 bits per heavy atom. The molecule has 0 spiro atoms. The van der Waals surface area contributed by atoms with Crippen LogP contribution >= 0.6 is 11.3 Å². The third-order valence-corrected chi connectivity index (χ3v) is 3.16. The van der Waals surface area contributed by atoms with E-state index in [-0.39, 0.29) is 0 Å². The van der Waals surface area contributed by atoms with E-state index < -0.39 is 0 Å². The fourth-order valence-electron chi connectivity index (χ4n) is 1.44. The van der Waals surface area contributed by atoms with E-state index in [1.54, 1.807) is 11.3 Å². The number of aryl methyl sites for hydroxylation is 2. The lowest BCUT2D eigenvalue weighted by molar-refractivity contribution is 0.981. The maximum absolute atomic E-state index is 5.67. The van der Waals surface area contributed by atoms with Gasteiger partial charge in [-0.2, -0.15) is 0 Å². The van der Waals surface area contributed by atoms with Gasteiger partial charge in [-0.25, -0.2) is 0 Å². The van der Waals surface area contributed by atoms with Crippen molar-refractivity contribution in [2.75, 3.05) is 5.73 Å². The number of nitrogen functional groups attached to an aromatic ring is 1. The molecule has 0 atom stereocenters. The summed E-state index contributed by atoms with van der Waals surface area (Å²) >= 11 is 1.68. The second-order valence-electron chi connectivity index (χ2n) is 3.29. The maximum Gasteiger partial charge on any atom is 0.0859 e. The second kappa shape index (κ2) is 4.29. The zero-order chi connectivity index (χ0) is 9.80. The molecule has 2 N–H and O–H groups in total. The normalized spacial score (nSPS) is 10.3. The van der Waals surface area contributed by atoms with E-state index in [0.717, 1.165) is 17.8 Å². The van der Waals surface area contributed by atoms with Crippen molar-refractivity contribution in [2.24, 2.45) is 0 Å². The van der Waals surface area contributed by atoms with Gasteiger partial charge in [-0.15, -0.1) is 11.3 Å². The van der Waals surface area contributed by atoms with Crippen molar-refractivity contribution in [1.29, 1.82) is 0 Å². The molecule has 0 fully saturated rings. The molecule has 1 heterocycles. The minimum absolute atomic E-state index is 0.910. The number of hydrogen-bond donors (Lipinski definition) is 1. The van der Waals surface area contributed by atoms with Gasteiger partial charge in [0, 0.05) is 4.88 Å². The van der Waals surface area contributed by atoms with Crippen molar-refractivity contribution in [1.82, 2.24) is 0 Å². The number of benzene rings is 1. The fourth-order valence-corrected chi connectivity index (χ4v) is 2.22. The van der Waals surface area contributed by atoms with Gasteiger partial charge in [-0.1, -0.05) is 30.3 Å². The van der Waals surface area contributed by atoms with Gasteiger partial charge in [0.05, 0.1) is 5.00 Å². The molecule has 0 aliphatic carbocycles. The van der Waals surface area contributed by atoms with Crippen molar-refractivity contribution in [3.8, 4) is 0 Å². The number of anilines is 1. The summed E-state index contributed by atoms with van der Waals surface area (Å²) in [7, 11) is 0. The van der Waals surface area contributed by atoms with Gasteiger partial charge in [0.2, 0.25) is 0 Å². The first-order chi connectivity index (χ1) is 6.84. The zero-order valence-corrected chi connectivity index (χ0v) is 8.76. The standard InChI is InChI=1S/C12H13NS/c13-12-9-8-11(14-12)7-6-10-4-2-1-3-5-10/h1-5,8-9H,6-7,13H2. The summed E-state index contributed by atoms with van der Waals surface area (Å²) in [4.78, 5) is 1.37. The molecule has 0 aliphatic rings. The highest BCUT2D eigenvalue weighted by Gasteiger charge is 1.97. The molecule has 2 heteroatoms. The second-order valence-corrected chi connectivity index (χ2v) is 4.49. The van der Waals surface area contributed by atoms with E-state index in [1.165, 1.54) is 10.4 Å². The van der Waals surface area contributed by atoms with Crippen LogP contribution in [0.2, 0.25) is 0 Å². The molecule has 1 aromatic carbocycles. The van der Waals surface area contributed by atoms with Crippen molar-refractivity contribution in [3.63, 3.8) is 0 Å². The van der Waals surface area contributed by atoms with Gasteiger partial charge in [0.15, 0.2) is 0 Å². The average Bonchev–Trinajstić information content (AvgIpc) is 2.63. The molecule has 0 bridgehead atoms. The minimum atomic E-state index is 0.910. The van der Waals surface area contributed by atoms with Crippen LogP contribution in [0.3, 0.4) is 0 Å². The molecule has 1 nitrogen and oxygen atoms in total.